The predicted octanol–water partition coefficient (Wildman–Crippen LogP) is 4.87. The van der Waals surface area contributed by atoms with Crippen LogP contribution in [-0.4, -0.2) is 0 Å². The van der Waals surface area contributed by atoms with E-state index in [9.17, 15) is 5.26 Å². The van der Waals surface area contributed by atoms with Gasteiger partial charge in [-0.25, -0.2) is 0 Å². The van der Waals surface area contributed by atoms with Crippen LogP contribution in [0.15, 0.2) is 115 Å². The summed E-state index contributed by atoms with van der Waals surface area (Å²) < 4.78 is 0. The average molecular weight is 400 g/mol. The molecule has 0 bridgehead atoms. The number of nitriles is 1. The molecule has 0 heterocycles. The fraction of sp³-hybridized carbons (Fsp3) is 0. The van der Waals surface area contributed by atoms with Gasteiger partial charge in [0.15, 0.2) is 0 Å². The number of benzene rings is 4. The Kier molecular flexibility index (Phi) is 4.78. The van der Waals surface area contributed by atoms with Crippen LogP contribution < -0.4 is 21.2 Å². The van der Waals surface area contributed by atoms with E-state index in [0.29, 0.717) is 5.56 Å². The van der Waals surface area contributed by atoms with Crippen LogP contribution >= 0.6 is 17.2 Å². The first kappa shape index (κ1) is 18.5. The molecule has 0 radical (unpaired) electrons. The first-order valence-corrected chi connectivity index (χ1v) is 12.2. The standard InChI is InChI=1S/C25H19ClNP/c26-28(22-10-4-1-5-11-22,23-12-6-2-7-13-23,24-14-8-3-9-15-24)25-18-16-21(20-27)17-19-25/h1-19H. The molecule has 0 aliphatic rings. The molecule has 0 saturated carbocycles. The molecule has 0 unspecified atom stereocenters. The zero-order valence-corrected chi connectivity index (χ0v) is 16.9. The summed E-state index contributed by atoms with van der Waals surface area (Å²) in [5.41, 5.74) is 0.625. The summed E-state index contributed by atoms with van der Waals surface area (Å²) in [6.07, 6.45) is 0. The Morgan fingerprint density at radius 2 is 0.821 bits per heavy atom. The van der Waals surface area contributed by atoms with Gasteiger partial charge in [0.25, 0.3) is 0 Å². The molecule has 3 heteroatoms. The molecule has 0 aromatic heterocycles. The molecule has 0 saturated heterocycles. The third kappa shape index (κ3) is 2.66. The molecule has 0 atom stereocenters. The zero-order chi connectivity index (χ0) is 19.5. The Hall–Kier alpha value is -2.91. The summed E-state index contributed by atoms with van der Waals surface area (Å²) in [5.74, 6) is -3.49. The van der Waals surface area contributed by atoms with Gasteiger partial charge in [-0.3, -0.25) is 0 Å². The Balaban J connectivity index is 2.20. The Labute approximate surface area is 170 Å². The van der Waals surface area contributed by atoms with Gasteiger partial charge in [0, 0.05) is 0 Å². The summed E-state index contributed by atoms with van der Waals surface area (Å²) in [4.78, 5) is 0. The van der Waals surface area contributed by atoms with Crippen molar-refractivity contribution in [2.45, 2.75) is 0 Å². The van der Waals surface area contributed by atoms with E-state index in [0.717, 1.165) is 21.2 Å². The molecular formula is C25H19ClNP. The number of hydrogen-bond donors (Lipinski definition) is 0. The van der Waals surface area contributed by atoms with Gasteiger partial charge in [0.1, 0.15) is 0 Å². The van der Waals surface area contributed by atoms with Crippen LogP contribution in [0.4, 0.5) is 0 Å². The summed E-state index contributed by atoms with van der Waals surface area (Å²) in [6.45, 7) is 0. The van der Waals surface area contributed by atoms with Gasteiger partial charge in [0.2, 0.25) is 0 Å². The van der Waals surface area contributed by atoms with Gasteiger partial charge in [0.05, 0.1) is 0 Å². The Bertz CT molecular complexity index is 1020. The maximum atomic E-state index is 9.27. The third-order valence-corrected chi connectivity index (χ3v) is 12.6. The first-order chi connectivity index (χ1) is 13.7. The average Bonchev–Trinajstić information content (AvgIpc) is 2.80. The van der Waals surface area contributed by atoms with Gasteiger partial charge in [-0.15, -0.1) is 0 Å². The van der Waals surface area contributed by atoms with Crippen LogP contribution in [0.2, 0.25) is 0 Å². The molecule has 4 rings (SSSR count). The quantitative estimate of drug-likeness (QED) is 0.449. The van der Waals surface area contributed by atoms with E-state index in [-0.39, 0.29) is 0 Å². The maximum absolute atomic E-state index is 9.27. The molecule has 1 nitrogen and oxygen atoms in total. The fourth-order valence-electron chi connectivity index (χ4n) is 3.83. The summed E-state index contributed by atoms with van der Waals surface area (Å²) in [5, 5.41) is 13.5. The van der Waals surface area contributed by atoms with Crippen molar-refractivity contribution < 1.29 is 0 Å². The van der Waals surface area contributed by atoms with Crippen molar-refractivity contribution in [1.29, 1.82) is 5.26 Å². The van der Waals surface area contributed by atoms with Gasteiger partial charge in [-0.1, -0.05) is 0 Å². The van der Waals surface area contributed by atoms with E-state index in [1.54, 1.807) is 0 Å². The molecule has 0 amide bonds. The monoisotopic (exact) mass is 399 g/mol. The van der Waals surface area contributed by atoms with E-state index in [1.165, 1.54) is 0 Å². The van der Waals surface area contributed by atoms with Crippen molar-refractivity contribution in [3.63, 3.8) is 0 Å². The molecule has 0 aliphatic heterocycles. The van der Waals surface area contributed by atoms with Crippen molar-refractivity contribution in [2.24, 2.45) is 0 Å². The molecule has 0 spiro atoms. The molecular weight excluding hydrogens is 381 g/mol. The molecule has 4 aromatic rings. The number of rotatable bonds is 4. The summed E-state index contributed by atoms with van der Waals surface area (Å²) in [6, 6.07) is 40.9. The minimum absolute atomic E-state index is 0.625. The van der Waals surface area contributed by atoms with E-state index in [1.807, 2.05) is 78.9 Å². The van der Waals surface area contributed by atoms with Crippen LogP contribution in [0.3, 0.4) is 0 Å². The van der Waals surface area contributed by atoms with Crippen molar-refractivity contribution in [3.05, 3.63) is 121 Å². The van der Waals surface area contributed by atoms with E-state index >= 15 is 0 Å². The van der Waals surface area contributed by atoms with Crippen LogP contribution in [0, 0.1) is 11.3 Å². The number of hydrogen-bond acceptors (Lipinski definition) is 1. The van der Waals surface area contributed by atoms with Crippen molar-refractivity contribution in [1.82, 2.24) is 0 Å². The minimum atomic E-state index is -3.49. The predicted molar refractivity (Wildman–Crippen MR) is 122 cm³/mol. The van der Waals surface area contributed by atoms with Crippen LogP contribution in [-0.2, 0) is 0 Å². The second kappa shape index (κ2) is 7.25. The second-order valence-corrected chi connectivity index (χ2v) is 12.8. The van der Waals surface area contributed by atoms with Gasteiger partial charge < -0.3 is 0 Å². The van der Waals surface area contributed by atoms with Crippen LogP contribution in [0.1, 0.15) is 5.56 Å². The van der Waals surface area contributed by atoms with Gasteiger partial charge >= 0.3 is 171 Å². The molecule has 4 aromatic carbocycles. The van der Waals surface area contributed by atoms with E-state index in [4.69, 9.17) is 11.2 Å². The molecule has 136 valence electrons. The van der Waals surface area contributed by atoms with Crippen molar-refractivity contribution in [3.8, 4) is 6.07 Å². The first-order valence-electron chi connectivity index (χ1n) is 9.09. The third-order valence-electron chi connectivity index (χ3n) is 5.20. The molecule has 0 N–H and O–H groups in total. The molecule has 0 fully saturated rings. The second-order valence-electron chi connectivity index (χ2n) is 6.67. The molecule has 28 heavy (non-hydrogen) atoms. The summed E-state index contributed by atoms with van der Waals surface area (Å²) >= 11 is 8.04. The van der Waals surface area contributed by atoms with E-state index < -0.39 is 5.96 Å². The topological polar surface area (TPSA) is 23.8 Å². The fourth-order valence-corrected chi connectivity index (χ4v) is 9.88. The van der Waals surface area contributed by atoms with Gasteiger partial charge in [-0.2, -0.15) is 0 Å². The number of halogens is 1. The Morgan fingerprint density at radius 3 is 1.14 bits per heavy atom. The zero-order valence-electron chi connectivity index (χ0n) is 15.2. The van der Waals surface area contributed by atoms with Crippen LogP contribution in [0.5, 0.6) is 0 Å². The van der Waals surface area contributed by atoms with Crippen molar-refractivity contribution >= 4 is 38.4 Å². The molecule has 0 aliphatic carbocycles. The van der Waals surface area contributed by atoms with Crippen LogP contribution in [0.25, 0.3) is 0 Å². The van der Waals surface area contributed by atoms with Crippen molar-refractivity contribution in [2.75, 3.05) is 0 Å². The van der Waals surface area contributed by atoms with E-state index in [2.05, 4.69) is 42.5 Å². The normalized spacial score (nSPS) is 12.5. The Morgan fingerprint density at radius 1 is 0.500 bits per heavy atom. The SMILES string of the molecule is N#Cc1ccc(P(Cl)(c2ccccc2)(c2ccccc2)c2ccccc2)cc1. The van der Waals surface area contributed by atoms with Gasteiger partial charge in [-0.05, 0) is 0 Å². The summed E-state index contributed by atoms with van der Waals surface area (Å²) in [7, 11) is 0. The number of nitrogens with zero attached hydrogens (tertiary/aromatic N) is 1.